The molecule has 0 aromatic carbocycles. The molecule has 2 atom stereocenters. The molecule has 0 heterocycles. The largest absolute Gasteiger partial charge is 0.439 e. The fraction of sp³-hybridized carbons (Fsp3) is 1.00. The number of rotatable bonds is 8. The minimum absolute atomic E-state index is 0.655. The van der Waals surface area contributed by atoms with Crippen LogP contribution >= 0.6 is 0 Å². The lowest BCUT2D eigenvalue weighted by Crippen LogP contribution is -2.55. The smallest absolute Gasteiger partial charge is 0.315 e. The quantitative estimate of drug-likeness (QED) is 0.613. The van der Waals surface area contributed by atoms with Gasteiger partial charge in [-0.05, 0) is 57.4 Å². The van der Waals surface area contributed by atoms with Crippen molar-refractivity contribution in [2.24, 2.45) is 0 Å². The van der Waals surface area contributed by atoms with Crippen LogP contribution in [-0.2, 0) is 12.3 Å². The van der Waals surface area contributed by atoms with Gasteiger partial charge in [-0.15, -0.1) is 0 Å². The molecule has 0 radical (unpaired) electrons. The van der Waals surface area contributed by atoms with Gasteiger partial charge in [-0.3, -0.25) is 0 Å². The minimum Gasteiger partial charge on any atom is -0.439 e. The molecule has 2 unspecified atom stereocenters. The third kappa shape index (κ3) is 8.59. The lowest BCUT2D eigenvalue weighted by atomic mass is 10.6. The molecule has 0 aliphatic heterocycles. The highest BCUT2D eigenvalue weighted by atomic mass is 28.5. The van der Waals surface area contributed by atoms with Crippen molar-refractivity contribution in [3.8, 4) is 0 Å². The van der Waals surface area contributed by atoms with E-state index in [2.05, 4.69) is 66.6 Å². The van der Waals surface area contributed by atoms with Gasteiger partial charge in [0.2, 0.25) is 0 Å². The highest BCUT2D eigenvalue weighted by molar-refractivity contribution is 6.87. The molecule has 0 rings (SSSR count). The van der Waals surface area contributed by atoms with Crippen LogP contribution in [0.1, 0.15) is 20.8 Å². The number of hydrogen-bond donors (Lipinski definition) is 0. The molecule has 0 fully saturated rings. The first-order chi connectivity index (χ1) is 8.30. The van der Waals surface area contributed by atoms with Crippen molar-refractivity contribution in [1.29, 1.82) is 0 Å². The zero-order valence-corrected chi connectivity index (χ0v) is 18.7. The lowest BCUT2D eigenvalue weighted by molar-refractivity contribution is 0.327. The van der Waals surface area contributed by atoms with Crippen molar-refractivity contribution < 1.29 is 12.3 Å². The molecule has 0 saturated heterocycles. The van der Waals surface area contributed by atoms with E-state index in [9.17, 15) is 0 Å². The maximum absolute atomic E-state index is 6.47. The Hall–Kier alpha value is 0.748. The third-order valence-electron chi connectivity index (χ3n) is 3.03. The summed E-state index contributed by atoms with van der Waals surface area (Å²) in [6.45, 7) is 22.2. The van der Waals surface area contributed by atoms with E-state index in [1.807, 2.05) is 0 Å². The molecule has 116 valence electrons. The second-order valence-corrected chi connectivity index (χ2v) is 22.6. The molecule has 0 aromatic heterocycles. The second-order valence-electron chi connectivity index (χ2n) is 7.27. The van der Waals surface area contributed by atoms with Gasteiger partial charge in [0.1, 0.15) is 0 Å². The Bertz CT molecular complexity index is 279. The SMILES string of the molecule is CC[Si](C)(O[Si](C)(C)C)O[Si](C)(C)O[SiH](C)C(C)C. The van der Waals surface area contributed by atoms with Crippen molar-refractivity contribution in [2.45, 2.75) is 78.2 Å². The summed E-state index contributed by atoms with van der Waals surface area (Å²) in [6, 6.07) is 0.995. The average Bonchev–Trinajstić information content (AvgIpc) is 2.12. The molecule has 19 heavy (non-hydrogen) atoms. The molecule has 0 saturated carbocycles. The molecular formula is C12H34O3Si4. The standard InChI is InChI=1S/C12H34O3Si4/c1-11-19(10,14-17(5,6)7)15-18(8,9)13-16(4)12(2)3/h12,16H,11H2,1-10H3. The molecule has 0 aliphatic rings. The normalized spacial score (nSPS) is 18.5. The van der Waals surface area contributed by atoms with Gasteiger partial charge in [-0.25, -0.2) is 0 Å². The summed E-state index contributed by atoms with van der Waals surface area (Å²) in [7, 11) is -6.84. The van der Waals surface area contributed by atoms with E-state index in [1.54, 1.807) is 0 Å². The Morgan fingerprint density at radius 2 is 1.42 bits per heavy atom. The molecule has 0 aromatic rings. The van der Waals surface area contributed by atoms with Gasteiger partial charge in [0.25, 0.3) is 0 Å². The highest BCUT2D eigenvalue weighted by Gasteiger charge is 2.42. The van der Waals surface area contributed by atoms with Crippen LogP contribution < -0.4 is 0 Å². The molecule has 7 heteroatoms. The van der Waals surface area contributed by atoms with Crippen molar-refractivity contribution >= 4 is 34.5 Å². The van der Waals surface area contributed by atoms with Crippen LogP contribution in [0.4, 0.5) is 0 Å². The van der Waals surface area contributed by atoms with E-state index in [4.69, 9.17) is 12.3 Å². The first kappa shape index (κ1) is 19.7. The zero-order valence-electron chi connectivity index (χ0n) is 14.6. The summed E-state index contributed by atoms with van der Waals surface area (Å²) in [4.78, 5) is 0. The lowest BCUT2D eigenvalue weighted by Gasteiger charge is -2.40. The third-order valence-corrected chi connectivity index (χ3v) is 17.8. The highest BCUT2D eigenvalue weighted by Crippen LogP contribution is 2.25. The Morgan fingerprint density at radius 3 is 1.74 bits per heavy atom. The average molecular weight is 339 g/mol. The van der Waals surface area contributed by atoms with Crippen molar-refractivity contribution in [1.82, 2.24) is 0 Å². The van der Waals surface area contributed by atoms with E-state index < -0.39 is 34.5 Å². The van der Waals surface area contributed by atoms with Crippen LogP contribution in [0.5, 0.6) is 0 Å². The van der Waals surface area contributed by atoms with Gasteiger partial charge in [-0.2, -0.15) is 0 Å². The maximum Gasteiger partial charge on any atom is 0.315 e. The van der Waals surface area contributed by atoms with E-state index in [0.29, 0.717) is 5.54 Å². The monoisotopic (exact) mass is 338 g/mol. The molecule has 0 bridgehead atoms. The summed E-state index contributed by atoms with van der Waals surface area (Å²) in [5.41, 5.74) is 0.655. The molecular weight excluding hydrogens is 304 g/mol. The Morgan fingerprint density at radius 1 is 0.947 bits per heavy atom. The summed E-state index contributed by atoms with van der Waals surface area (Å²) >= 11 is 0. The van der Waals surface area contributed by atoms with E-state index in [-0.39, 0.29) is 0 Å². The van der Waals surface area contributed by atoms with E-state index in [0.717, 1.165) is 6.04 Å². The van der Waals surface area contributed by atoms with Crippen LogP contribution in [0.15, 0.2) is 0 Å². The van der Waals surface area contributed by atoms with Crippen LogP contribution in [0.3, 0.4) is 0 Å². The summed E-state index contributed by atoms with van der Waals surface area (Å²) < 4.78 is 19.2. The Kier molecular flexibility index (Phi) is 7.43. The van der Waals surface area contributed by atoms with E-state index >= 15 is 0 Å². The van der Waals surface area contributed by atoms with Gasteiger partial charge in [-0.1, -0.05) is 20.8 Å². The second kappa shape index (κ2) is 7.15. The van der Waals surface area contributed by atoms with Gasteiger partial charge >= 0.3 is 17.1 Å². The van der Waals surface area contributed by atoms with Gasteiger partial charge < -0.3 is 12.3 Å². The van der Waals surface area contributed by atoms with Crippen molar-refractivity contribution in [3.05, 3.63) is 0 Å². The Labute approximate surface area is 125 Å². The van der Waals surface area contributed by atoms with Crippen LogP contribution in [0.2, 0.25) is 57.4 Å². The van der Waals surface area contributed by atoms with Gasteiger partial charge in [0.15, 0.2) is 17.4 Å². The minimum atomic E-state index is -2.08. The molecule has 0 aliphatic carbocycles. The van der Waals surface area contributed by atoms with Crippen LogP contribution in [0.25, 0.3) is 0 Å². The number of hydrogen-bond acceptors (Lipinski definition) is 3. The molecule has 0 amide bonds. The maximum atomic E-state index is 6.47. The van der Waals surface area contributed by atoms with E-state index in [1.165, 1.54) is 0 Å². The van der Waals surface area contributed by atoms with Crippen molar-refractivity contribution in [2.75, 3.05) is 0 Å². The summed E-state index contributed by atoms with van der Waals surface area (Å²) in [6.07, 6.45) is 0. The first-order valence-electron chi connectivity index (χ1n) is 7.38. The predicted molar refractivity (Wildman–Crippen MR) is 94.3 cm³/mol. The van der Waals surface area contributed by atoms with Gasteiger partial charge in [0, 0.05) is 0 Å². The Balaban J connectivity index is 4.75. The summed E-state index contributed by atoms with van der Waals surface area (Å²) in [5, 5.41) is 0. The zero-order chi connectivity index (χ0) is 15.5. The van der Waals surface area contributed by atoms with Crippen molar-refractivity contribution in [3.63, 3.8) is 0 Å². The summed E-state index contributed by atoms with van der Waals surface area (Å²) in [5.74, 6) is 0. The molecule has 0 N–H and O–H groups in total. The molecule has 3 nitrogen and oxygen atoms in total. The van der Waals surface area contributed by atoms with Gasteiger partial charge in [0.05, 0.1) is 0 Å². The topological polar surface area (TPSA) is 27.7 Å². The first-order valence-corrected chi connectivity index (χ1v) is 18.4. The fourth-order valence-electron chi connectivity index (χ4n) is 1.94. The fourth-order valence-corrected chi connectivity index (χ4v) is 18.3. The molecule has 0 spiro atoms. The van der Waals surface area contributed by atoms with Crippen LogP contribution in [-0.4, -0.2) is 34.5 Å². The van der Waals surface area contributed by atoms with Crippen LogP contribution in [0, 0.1) is 0 Å². The predicted octanol–water partition coefficient (Wildman–Crippen LogP) is 4.43.